The number of halogens is 3. The van der Waals surface area contributed by atoms with Gasteiger partial charge in [0.05, 0.1) is 0 Å². The molecule has 0 heterocycles. The average Bonchev–Trinajstić information content (AvgIpc) is 2.13. The zero-order valence-corrected chi connectivity index (χ0v) is 8.97. The number of carbonyl (C=O) groups excluding carboxylic acids is 1. The van der Waals surface area contributed by atoms with Crippen LogP contribution in [0.3, 0.4) is 0 Å². The Hall–Kier alpha value is -0.650. The van der Waals surface area contributed by atoms with Gasteiger partial charge < -0.3 is 9.05 Å². The predicted molar refractivity (Wildman–Crippen MR) is 46.7 cm³/mol. The third-order valence-electron chi connectivity index (χ3n) is 1.36. The molecule has 0 rings (SSSR count). The number of hydrogen-bond acceptors (Lipinski definition) is 4. The van der Waals surface area contributed by atoms with Crippen molar-refractivity contribution in [2.45, 2.75) is 6.18 Å². The van der Waals surface area contributed by atoms with E-state index >= 15 is 0 Å². The molecule has 88 valence electrons. The molecule has 0 amide bonds. The molecule has 4 nitrogen and oxygen atoms in total. The van der Waals surface area contributed by atoms with E-state index in [2.05, 4.69) is 9.05 Å². The Labute approximate surface area is 84.6 Å². The molecule has 0 aliphatic heterocycles. The van der Waals surface area contributed by atoms with Gasteiger partial charge in [-0.2, -0.15) is 13.2 Å². The van der Waals surface area contributed by atoms with E-state index in [9.17, 15) is 22.5 Å². The zero-order valence-electron chi connectivity index (χ0n) is 8.08. The quantitative estimate of drug-likeness (QED) is 0.551. The number of allylic oxidation sites excluding steroid dienone is 2. The van der Waals surface area contributed by atoms with Crippen LogP contribution in [0, 0.1) is 0 Å². The summed E-state index contributed by atoms with van der Waals surface area (Å²) in [5.74, 6) is -0.973. The summed E-state index contributed by atoms with van der Waals surface area (Å²) in [6, 6.07) is 0. The SMILES string of the molecule is COP(=O)(CC(=O)/C=C/C(F)(F)F)OC. The molecule has 0 bridgehead atoms. The molecule has 0 aromatic rings. The molecule has 0 fully saturated rings. The van der Waals surface area contributed by atoms with Gasteiger partial charge in [-0.3, -0.25) is 9.36 Å². The minimum absolute atomic E-state index is 0.231. The molecule has 0 saturated carbocycles. The van der Waals surface area contributed by atoms with Crippen LogP contribution >= 0.6 is 7.60 Å². The monoisotopic (exact) mass is 246 g/mol. The fraction of sp³-hybridized carbons (Fsp3) is 0.571. The van der Waals surface area contributed by atoms with E-state index in [1.165, 1.54) is 0 Å². The maximum absolute atomic E-state index is 11.6. The molecule has 0 aliphatic rings. The van der Waals surface area contributed by atoms with Crippen LogP contribution in [0.1, 0.15) is 0 Å². The summed E-state index contributed by atoms with van der Waals surface area (Å²) in [7, 11) is -1.49. The van der Waals surface area contributed by atoms with Gasteiger partial charge in [0, 0.05) is 20.3 Å². The molecule has 0 aromatic carbocycles. The highest BCUT2D eigenvalue weighted by atomic mass is 31.2. The third kappa shape index (κ3) is 6.43. The summed E-state index contributed by atoms with van der Waals surface area (Å²) < 4.78 is 55.0. The molecule has 15 heavy (non-hydrogen) atoms. The van der Waals surface area contributed by atoms with Gasteiger partial charge >= 0.3 is 13.8 Å². The molecular weight excluding hydrogens is 236 g/mol. The Morgan fingerprint density at radius 3 is 2.13 bits per heavy atom. The maximum Gasteiger partial charge on any atom is 0.409 e. The first-order chi connectivity index (χ1) is 6.72. The van der Waals surface area contributed by atoms with Crippen LogP contribution in [-0.4, -0.2) is 32.3 Å². The lowest BCUT2D eigenvalue weighted by Crippen LogP contribution is -2.08. The van der Waals surface area contributed by atoms with Crippen LogP contribution in [0.25, 0.3) is 0 Å². The van der Waals surface area contributed by atoms with Crippen LogP contribution in [-0.2, 0) is 18.4 Å². The number of alkyl halides is 3. The summed E-state index contributed by atoms with van der Waals surface area (Å²) >= 11 is 0. The highest BCUT2D eigenvalue weighted by Gasteiger charge is 2.26. The average molecular weight is 246 g/mol. The normalized spacial score (nSPS) is 13.4. The van der Waals surface area contributed by atoms with Crippen molar-refractivity contribution >= 4 is 13.4 Å². The van der Waals surface area contributed by atoms with E-state index in [-0.39, 0.29) is 6.08 Å². The molecule has 0 spiro atoms. The Kier molecular flexibility index (Phi) is 5.20. The van der Waals surface area contributed by atoms with Gasteiger partial charge in [0.2, 0.25) is 0 Å². The van der Waals surface area contributed by atoms with Crippen molar-refractivity contribution in [2.24, 2.45) is 0 Å². The summed E-state index contributed by atoms with van der Waals surface area (Å²) in [5, 5.41) is 0. The van der Waals surface area contributed by atoms with Gasteiger partial charge in [-0.25, -0.2) is 0 Å². The highest BCUT2D eigenvalue weighted by molar-refractivity contribution is 7.54. The van der Waals surface area contributed by atoms with Crippen molar-refractivity contribution in [3.8, 4) is 0 Å². The number of carbonyl (C=O) groups is 1. The lowest BCUT2D eigenvalue weighted by atomic mass is 10.4. The van der Waals surface area contributed by atoms with Crippen LogP contribution < -0.4 is 0 Å². The molecule has 0 aliphatic carbocycles. The Morgan fingerprint density at radius 2 is 1.80 bits per heavy atom. The summed E-state index contributed by atoms with van der Waals surface area (Å²) in [6.45, 7) is 0. The van der Waals surface area contributed by atoms with Crippen molar-refractivity contribution in [2.75, 3.05) is 20.4 Å². The summed E-state index contributed by atoms with van der Waals surface area (Å²) in [5.41, 5.74) is 0. The van der Waals surface area contributed by atoms with E-state index in [0.717, 1.165) is 14.2 Å². The molecule has 0 aromatic heterocycles. The molecule has 0 radical (unpaired) electrons. The Balaban J connectivity index is 4.39. The molecule has 0 unspecified atom stereocenters. The minimum Gasteiger partial charge on any atom is -0.312 e. The van der Waals surface area contributed by atoms with Gasteiger partial charge in [0.15, 0.2) is 5.78 Å². The van der Waals surface area contributed by atoms with Crippen molar-refractivity contribution < 1.29 is 31.6 Å². The smallest absolute Gasteiger partial charge is 0.312 e. The van der Waals surface area contributed by atoms with Crippen molar-refractivity contribution in [1.82, 2.24) is 0 Å². The predicted octanol–water partition coefficient (Wildman–Crippen LogP) is 2.16. The molecule has 0 N–H and O–H groups in total. The lowest BCUT2D eigenvalue weighted by molar-refractivity contribution is -0.113. The summed E-state index contributed by atoms with van der Waals surface area (Å²) in [4.78, 5) is 10.9. The maximum atomic E-state index is 11.6. The second-order valence-electron chi connectivity index (χ2n) is 2.48. The topological polar surface area (TPSA) is 52.6 Å². The first-order valence-electron chi connectivity index (χ1n) is 3.72. The highest BCUT2D eigenvalue weighted by Crippen LogP contribution is 2.46. The van der Waals surface area contributed by atoms with Crippen LogP contribution in [0.5, 0.6) is 0 Å². The zero-order chi connectivity index (χ0) is 12.1. The molecule has 0 atom stereocenters. The van der Waals surface area contributed by atoms with Crippen LogP contribution in [0.15, 0.2) is 12.2 Å². The minimum atomic E-state index is -4.57. The molecule has 8 heteroatoms. The largest absolute Gasteiger partial charge is 0.409 e. The van der Waals surface area contributed by atoms with Gasteiger partial charge in [-0.1, -0.05) is 0 Å². The van der Waals surface area contributed by atoms with Crippen LogP contribution in [0.2, 0.25) is 0 Å². The van der Waals surface area contributed by atoms with E-state index in [1.807, 2.05) is 0 Å². The van der Waals surface area contributed by atoms with Gasteiger partial charge in [-0.05, 0) is 6.08 Å². The standard InChI is InChI=1S/C7H10F3O4P/c1-13-15(12,14-2)5-6(11)3-4-7(8,9)10/h3-4H,5H2,1-2H3/b4-3+. The van der Waals surface area contributed by atoms with E-state index < -0.39 is 25.7 Å². The van der Waals surface area contributed by atoms with E-state index in [4.69, 9.17) is 0 Å². The fourth-order valence-electron chi connectivity index (χ4n) is 0.635. The molecule has 0 saturated heterocycles. The van der Waals surface area contributed by atoms with Gasteiger partial charge in [-0.15, -0.1) is 0 Å². The first kappa shape index (κ1) is 14.3. The van der Waals surface area contributed by atoms with Crippen molar-refractivity contribution in [3.63, 3.8) is 0 Å². The second-order valence-corrected chi connectivity index (χ2v) is 4.74. The van der Waals surface area contributed by atoms with Crippen LogP contribution in [0.4, 0.5) is 13.2 Å². The second kappa shape index (κ2) is 5.44. The van der Waals surface area contributed by atoms with Gasteiger partial charge in [0.25, 0.3) is 0 Å². The third-order valence-corrected chi connectivity index (χ3v) is 3.18. The Morgan fingerprint density at radius 1 is 1.33 bits per heavy atom. The van der Waals surface area contributed by atoms with Gasteiger partial charge in [0.1, 0.15) is 6.16 Å². The lowest BCUT2D eigenvalue weighted by Gasteiger charge is -2.10. The summed E-state index contributed by atoms with van der Waals surface area (Å²) in [6.07, 6.45) is -5.22. The first-order valence-corrected chi connectivity index (χ1v) is 5.44. The van der Waals surface area contributed by atoms with E-state index in [0.29, 0.717) is 6.08 Å². The Bertz CT molecular complexity index is 289. The number of rotatable bonds is 5. The number of hydrogen-bond donors (Lipinski definition) is 0. The number of ketones is 1. The fourth-order valence-corrected chi connectivity index (χ4v) is 1.53. The van der Waals surface area contributed by atoms with Crippen molar-refractivity contribution in [3.05, 3.63) is 12.2 Å². The molecular formula is C7H10F3O4P. The van der Waals surface area contributed by atoms with E-state index in [1.54, 1.807) is 0 Å². The van der Waals surface area contributed by atoms with Crippen molar-refractivity contribution in [1.29, 1.82) is 0 Å².